The van der Waals surface area contributed by atoms with Gasteiger partial charge in [-0.1, -0.05) is 13.8 Å². The molecule has 1 fully saturated rings. The highest BCUT2D eigenvalue weighted by molar-refractivity contribution is 6.09. The lowest BCUT2D eigenvalue weighted by molar-refractivity contribution is -0.384. The van der Waals surface area contributed by atoms with Crippen LogP contribution in [0, 0.1) is 21.8 Å². The van der Waals surface area contributed by atoms with Crippen LogP contribution < -0.4 is 10.6 Å². The van der Waals surface area contributed by atoms with E-state index >= 15 is 0 Å². The number of non-ortho nitro benzene ring substituents is 1. The van der Waals surface area contributed by atoms with E-state index in [-0.39, 0.29) is 0 Å². The van der Waals surface area contributed by atoms with Crippen molar-refractivity contribution < 1.29 is 23.7 Å². The number of imide groups is 1. The first-order chi connectivity index (χ1) is 12.5. The number of nitro benzene ring substituents is 1. The lowest BCUT2D eigenvalue weighted by atomic mass is 9.92. The number of rotatable bonds is 7. The van der Waals surface area contributed by atoms with Gasteiger partial charge in [0.2, 0.25) is 5.91 Å². The van der Waals surface area contributed by atoms with Crippen molar-refractivity contribution in [3.05, 3.63) is 34.1 Å². The van der Waals surface area contributed by atoms with E-state index in [0.717, 1.165) is 23.1 Å². The third-order valence-corrected chi connectivity index (χ3v) is 4.30. The normalized spacial score (nSPS) is 19.4. The zero-order valence-electron chi connectivity index (χ0n) is 15.2. The zero-order chi connectivity index (χ0) is 20.4. The summed E-state index contributed by atoms with van der Waals surface area (Å²) in [7, 11) is 0. The smallest absolute Gasteiger partial charge is 0.323 e. The molecule has 2 N–H and O–H groups in total. The Morgan fingerprint density at radius 2 is 2.07 bits per heavy atom. The maximum atomic E-state index is 13.8. The zero-order valence-corrected chi connectivity index (χ0v) is 15.2. The van der Waals surface area contributed by atoms with Crippen molar-refractivity contribution >= 4 is 29.2 Å². The molecule has 1 saturated heterocycles. The van der Waals surface area contributed by atoms with E-state index in [1.807, 2.05) is 13.8 Å². The standard InChI is InChI=1S/C17H21FN4O5/c1-10(2)6-7-17(3)15(24)21(16(25)20-17)9-14(23)19-13-8-11(22(26)27)4-5-12(13)18/h4-5,8,10H,6-7,9H2,1-3H3,(H,19,23)(H,20,25)/t17-/m0/s1. The number of urea groups is 1. The molecule has 1 aromatic carbocycles. The van der Waals surface area contributed by atoms with E-state index in [0.29, 0.717) is 18.8 Å². The van der Waals surface area contributed by atoms with Crippen LogP contribution in [0.1, 0.15) is 33.6 Å². The van der Waals surface area contributed by atoms with Gasteiger partial charge in [-0.15, -0.1) is 0 Å². The maximum Gasteiger partial charge on any atom is 0.325 e. The minimum Gasteiger partial charge on any atom is -0.323 e. The second kappa shape index (κ2) is 7.68. The Morgan fingerprint density at radius 1 is 1.41 bits per heavy atom. The first-order valence-electron chi connectivity index (χ1n) is 8.41. The summed E-state index contributed by atoms with van der Waals surface area (Å²) in [5, 5.41) is 15.5. The van der Waals surface area contributed by atoms with Gasteiger partial charge in [0.25, 0.3) is 11.6 Å². The molecule has 1 aliphatic heterocycles. The fourth-order valence-electron chi connectivity index (χ4n) is 2.69. The summed E-state index contributed by atoms with van der Waals surface area (Å²) < 4.78 is 13.8. The van der Waals surface area contributed by atoms with Crippen LogP contribution in [0.15, 0.2) is 18.2 Å². The van der Waals surface area contributed by atoms with Crippen molar-refractivity contribution in [2.75, 3.05) is 11.9 Å². The van der Waals surface area contributed by atoms with Gasteiger partial charge >= 0.3 is 6.03 Å². The Hall–Kier alpha value is -3.04. The van der Waals surface area contributed by atoms with Gasteiger partial charge in [0, 0.05) is 12.1 Å². The molecule has 0 radical (unpaired) electrons. The van der Waals surface area contributed by atoms with Gasteiger partial charge in [-0.3, -0.25) is 24.6 Å². The molecule has 0 unspecified atom stereocenters. The maximum absolute atomic E-state index is 13.8. The Kier molecular flexibility index (Phi) is 5.77. The second-order valence-electron chi connectivity index (χ2n) is 7.06. The molecule has 146 valence electrons. The quantitative estimate of drug-likeness (QED) is 0.427. The average molecular weight is 380 g/mol. The van der Waals surface area contributed by atoms with Gasteiger partial charge < -0.3 is 10.6 Å². The number of carbonyl (C=O) groups excluding carboxylic acids is 3. The molecule has 9 nitrogen and oxygen atoms in total. The molecule has 27 heavy (non-hydrogen) atoms. The molecule has 0 spiro atoms. The molecule has 1 aliphatic rings. The number of hydrogen-bond acceptors (Lipinski definition) is 5. The number of hydrogen-bond donors (Lipinski definition) is 2. The monoisotopic (exact) mass is 380 g/mol. The van der Waals surface area contributed by atoms with Crippen LogP contribution in [0.2, 0.25) is 0 Å². The molecular weight excluding hydrogens is 359 g/mol. The summed E-state index contributed by atoms with van der Waals surface area (Å²) in [5.74, 6) is -1.91. The van der Waals surface area contributed by atoms with Crippen molar-refractivity contribution in [1.29, 1.82) is 0 Å². The van der Waals surface area contributed by atoms with Gasteiger partial charge in [0.15, 0.2) is 0 Å². The van der Waals surface area contributed by atoms with Gasteiger partial charge in [-0.2, -0.15) is 0 Å². The van der Waals surface area contributed by atoms with E-state index in [2.05, 4.69) is 10.6 Å². The van der Waals surface area contributed by atoms with E-state index in [9.17, 15) is 28.9 Å². The summed E-state index contributed by atoms with van der Waals surface area (Å²) in [6.07, 6.45) is 1.13. The predicted molar refractivity (Wildman–Crippen MR) is 94.4 cm³/mol. The van der Waals surface area contributed by atoms with Crippen LogP contribution in [-0.4, -0.2) is 39.8 Å². The highest BCUT2D eigenvalue weighted by Gasteiger charge is 2.47. The van der Waals surface area contributed by atoms with Crippen LogP contribution in [0.5, 0.6) is 0 Å². The molecule has 1 aromatic rings. The fraction of sp³-hybridized carbons (Fsp3) is 0.471. The molecule has 0 aliphatic carbocycles. The van der Waals surface area contributed by atoms with E-state index in [1.165, 1.54) is 0 Å². The molecule has 4 amide bonds. The van der Waals surface area contributed by atoms with Gasteiger partial charge in [-0.05, 0) is 31.7 Å². The molecule has 1 heterocycles. The minimum absolute atomic E-state index is 0.334. The van der Waals surface area contributed by atoms with Gasteiger partial charge in [0.1, 0.15) is 17.9 Å². The highest BCUT2D eigenvalue weighted by atomic mass is 19.1. The van der Waals surface area contributed by atoms with Crippen LogP contribution in [0.4, 0.5) is 20.6 Å². The summed E-state index contributed by atoms with van der Waals surface area (Å²) in [5.41, 5.74) is -1.90. The second-order valence-corrected chi connectivity index (χ2v) is 7.06. The van der Waals surface area contributed by atoms with E-state index < -0.39 is 52.0 Å². The number of amides is 4. The Balaban J connectivity index is 2.08. The lowest BCUT2D eigenvalue weighted by Gasteiger charge is -2.22. The van der Waals surface area contributed by atoms with Crippen molar-refractivity contribution in [3.63, 3.8) is 0 Å². The molecular formula is C17H21FN4O5. The van der Waals surface area contributed by atoms with Gasteiger partial charge in [-0.25, -0.2) is 9.18 Å². The number of nitrogens with one attached hydrogen (secondary N) is 2. The average Bonchev–Trinajstić information content (AvgIpc) is 2.78. The molecule has 0 bridgehead atoms. The summed E-state index contributed by atoms with van der Waals surface area (Å²) in [4.78, 5) is 47.6. The summed E-state index contributed by atoms with van der Waals surface area (Å²) >= 11 is 0. The number of carbonyl (C=O) groups is 3. The number of nitro groups is 1. The SMILES string of the molecule is CC(C)CC[C@]1(C)NC(=O)N(CC(=O)Nc2cc([N+](=O)[O-])ccc2F)C1=O. The van der Waals surface area contributed by atoms with E-state index in [1.54, 1.807) is 6.92 Å². The Labute approximate surface area is 155 Å². The van der Waals surface area contributed by atoms with Crippen molar-refractivity contribution in [3.8, 4) is 0 Å². The molecule has 10 heteroatoms. The Bertz CT molecular complexity index is 798. The van der Waals surface area contributed by atoms with Crippen LogP contribution >= 0.6 is 0 Å². The van der Waals surface area contributed by atoms with Crippen LogP contribution in [-0.2, 0) is 9.59 Å². The van der Waals surface area contributed by atoms with Crippen molar-refractivity contribution in [1.82, 2.24) is 10.2 Å². The largest absolute Gasteiger partial charge is 0.325 e. The predicted octanol–water partition coefficient (Wildman–Crippen LogP) is 2.42. The van der Waals surface area contributed by atoms with Crippen LogP contribution in [0.3, 0.4) is 0 Å². The topological polar surface area (TPSA) is 122 Å². The molecule has 0 saturated carbocycles. The third kappa shape index (κ3) is 4.57. The lowest BCUT2D eigenvalue weighted by Crippen LogP contribution is -2.44. The summed E-state index contributed by atoms with van der Waals surface area (Å²) in [6.45, 7) is 4.95. The van der Waals surface area contributed by atoms with Crippen LogP contribution in [0.25, 0.3) is 0 Å². The first kappa shape index (κ1) is 20.3. The minimum atomic E-state index is -1.10. The van der Waals surface area contributed by atoms with Crippen molar-refractivity contribution in [2.45, 2.75) is 39.2 Å². The first-order valence-corrected chi connectivity index (χ1v) is 8.41. The number of anilines is 1. The number of benzene rings is 1. The fourth-order valence-corrected chi connectivity index (χ4v) is 2.69. The van der Waals surface area contributed by atoms with Crippen molar-refractivity contribution in [2.24, 2.45) is 5.92 Å². The molecule has 0 aromatic heterocycles. The molecule has 2 rings (SSSR count). The Morgan fingerprint density at radius 3 is 2.67 bits per heavy atom. The summed E-state index contributed by atoms with van der Waals surface area (Å²) in [6, 6.07) is 1.97. The third-order valence-electron chi connectivity index (χ3n) is 4.30. The van der Waals surface area contributed by atoms with Gasteiger partial charge in [0.05, 0.1) is 10.6 Å². The highest BCUT2D eigenvalue weighted by Crippen LogP contribution is 2.25. The van der Waals surface area contributed by atoms with E-state index in [4.69, 9.17) is 0 Å². The number of halogens is 1. The molecule has 1 atom stereocenters. The number of nitrogens with zero attached hydrogens (tertiary/aromatic N) is 2.